The average molecular weight is 245 g/mol. The highest BCUT2D eigenvalue weighted by molar-refractivity contribution is 7.91. The van der Waals surface area contributed by atoms with Crippen molar-refractivity contribution in [1.29, 1.82) is 0 Å². The van der Waals surface area contributed by atoms with Crippen molar-refractivity contribution < 1.29 is 8.42 Å². The molecular weight excluding hydrogens is 226 g/mol. The number of imidazole rings is 1. The van der Waals surface area contributed by atoms with Gasteiger partial charge in [-0.2, -0.15) is 0 Å². The molecule has 1 heterocycles. The largest absolute Gasteiger partial charge is 0.337 e. The lowest BCUT2D eigenvalue weighted by molar-refractivity contribution is 0.587. The second-order valence-electron chi connectivity index (χ2n) is 3.72. The first-order chi connectivity index (χ1) is 7.57. The van der Waals surface area contributed by atoms with E-state index in [4.69, 9.17) is 0 Å². The van der Waals surface area contributed by atoms with Crippen molar-refractivity contribution in [3.63, 3.8) is 0 Å². The summed E-state index contributed by atoms with van der Waals surface area (Å²) in [4.78, 5) is 4.19. The summed E-state index contributed by atoms with van der Waals surface area (Å²) < 4.78 is 24.5. The average Bonchev–Trinajstić information content (AvgIpc) is 2.66. The molecule has 0 fully saturated rings. The van der Waals surface area contributed by atoms with E-state index in [-0.39, 0.29) is 11.5 Å². The van der Waals surface area contributed by atoms with Crippen LogP contribution in [0, 0.1) is 0 Å². The van der Waals surface area contributed by atoms with E-state index >= 15 is 0 Å². The summed E-state index contributed by atoms with van der Waals surface area (Å²) in [7, 11) is -0.971. The van der Waals surface area contributed by atoms with Crippen LogP contribution in [-0.4, -0.2) is 36.5 Å². The number of aromatic nitrogens is 2. The molecule has 0 aliphatic heterocycles. The van der Waals surface area contributed by atoms with Crippen LogP contribution in [0.15, 0.2) is 12.5 Å². The summed E-state index contributed by atoms with van der Waals surface area (Å²) >= 11 is 0. The summed E-state index contributed by atoms with van der Waals surface area (Å²) in [6.45, 7) is 3.12. The van der Waals surface area contributed by atoms with E-state index in [1.54, 1.807) is 13.3 Å². The maximum absolute atomic E-state index is 11.3. The highest BCUT2D eigenvalue weighted by Crippen LogP contribution is 2.00. The third-order valence-corrected chi connectivity index (χ3v) is 4.15. The van der Waals surface area contributed by atoms with Crippen LogP contribution in [0.5, 0.6) is 0 Å². The topological polar surface area (TPSA) is 64.0 Å². The van der Waals surface area contributed by atoms with Crippen LogP contribution in [0.1, 0.15) is 19.0 Å². The highest BCUT2D eigenvalue weighted by Gasteiger charge is 2.06. The lowest BCUT2D eigenvalue weighted by atomic mass is 10.4. The fourth-order valence-electron chi connectivity index (χ4n) is 1.41. The molecule has 0 unspecified atom stereocenters. The molecule has 0 atom stereocenters. The van der Waals surface area contributed by atoms with Gasteiger partial charge < -0.3 is 9.88 Å². The van der Waals surface area contributed by atoms with Crippen molar-refractivity contribution in [2.24, 2.45) is 0 Å². The van der Waals surface area contributed by atoms with Gasteiger partial charge in [-0.05, 0) is 13.5 Å². The minimum absolute atomic E-state index is 0.224. The minimum Gasteiger partial charge on any atom is -0.337 e. The Labute approximate surface area is 96.8 Å². The lowest BCUT2D eigenvalue weighted by Gasteiger charge is -2.02. The number of hydrogen-bond acceptors (Lipinski definition) is 4. The molecular formula is C10H19N3O2S. The first-order valence-corrected chi connectivity index (χ1v) is 7.25. The third kappa shape index (κ3) is 4.32. The highest BCUT2D eigenvalue weighted by atomic mass is 32.2. The zero-order valence-corrected chi connectivity index (χ0v) is 10.6. The van der Waals surface area contributed by atoms with Crippen LogP contribution in [0.2, 0.25) is 0 Å². The Morgan fingerprint density at radius 1 is 1.50 bits per heavy atom. The molecule has 0 radical (unpaired) electrons. The van der Waals surface area contributed by atoms with Crippen LogP contribution in [0.25, 0.3) is 0 Å². The van der Waals surface area contributed by atoms with Crippen molar-refractivity contribution >= 4 is 9.84 Å². The molecule has 0 aromatic carbocycles. The second-order valence-corrected chi connectivity index (χ2v) is 6.20. The van der Waals surface area contributed by atoms with Crippen molar-refractivity contribution in [3.05, 3.63) is 18.2 Å². The quantitative estimate of drug-likeness (QED) is 0.756. The molecule has 0 aliphatic carbocycles. The zero-order chi connectivity index (χ0) is 12.0. The van der Waals surface area contributed by atoms with Gasteiger partial charge in [0.25, 0.3) is 0 Å². The van der Waals surface area contributed by atoms with Crippen LogP contribution >= 0.6 is 0 Å². The fourth-order valence-corrected chi connectivity index (χ4v) is 2.27. The van der Waals surface area contributed by atoms with E-state index in [2.05, 4.69) is 10.3 Å². The second kappa shape index (κ2) is 6.00. The van der Waals surface area contributed by atoms with Gasteiger partial charge in [-0.3, -0.25) is 0 Å². The van der Waals surface area contributed by atoms with Gasteiger partial charge in [0.1, 0.15) is 9.84 Å². The predicted octanol–water partition coefficient (Wildman–Crippen LogP) is 0.427. The molecule has 5 nitrogen and oxygen atoms in total. The molecule has 1 aromatic heterocycles. The van der Waals surface area contributed by atoms with Gasteiger partial charge in [-0.15, -0.1) is 0 Å². The Kier molecular flexibility index (Phi) is 4.95. The van der Waals surface area contributed by atoms with E-state index in [0.29, 0.717) is 13.0 Å². The number of hydrogen-bond donors (Lipinski definition) is 1. The summed E-state index contributed by atoms with van der Waals surface area (Å²) in [5.74, 6) is 0.477. The summed E-state index contributed by atoms with van der Waals surface area (Å²) in [6, 6.07) is 0. The van der Waals surface area contributed by atoms with E-state index in [9.17, 15) is 8.42 Å². The molecule has 92 valence electrons. The molecule has 1 N–H and O–H groups in total. The van der Waals surface area contributed by atoms with Crippen molar-refractivity contribution in [2.45, 2.75) is 26.4 Å². The molecule has 6 heteroatoms. The van der Waals surface area contributed by atoms with Crippen molar-refractivity contribution in [3.8, 4) is 0 Å². The summed E-state index contributed by atoms with van der Waals surface area (Å²) in [5, 5.41) is 3.02. The molecule has 0 amide bonds. The van der Waals surface area contributed by atoms with Gasteiger partial charge in [0.05, 0.1) is 17.8 Å². The monoisotopic (exact) mass is 245 g/mol. The van der Waals surface area contributed by atoms with E-state index < -0.39 is 9.84 Å². The first-order valence-electron chi connectivity index (χ1n) is 5.43. The Morgan fingerprint density at radius 3 is 2.88 bits per heavy atom. The minimum atomic E-state index is -2.84. The molecule has 0 spiro atoms. The third-order valence-electron chi connectivity index (χ3n) is 2.36. The maximum Gasteiger partial charge on any atom is 0.150 e. The molecule has 1 rings (SSSR count). The lowest BCUT2D eigenvalue weighted by Crippen LogP contribution is -2.10. The number of rotatable bonds is 7. The maximum atomic E-state index is 11.3. The summed E-state index contributed by atoms with van der Waals surface area (Å²) in [6.07, 6.45) is 4.33. The first kappa shape index (κ1) is 13.2. The molecule has 0 saturated heterocycles. The van der Waals surface area contributed by atoms with Crippen LogP contribution in [0.3, 0.4) is 0 Å². The van der Waals surface area contributed by atoms with Gasteiger partial charge >= 0.3 is 0 Å². The van der Waals surface area contributed by atoms with Crippen molar-refractivity contribution in [1.82, 2.24) is 14.9 Å². The van der Waals surface area contributed by atoms with Crippen LogP contribution in [0.4, 0.5) is 0 Å². The molecule has 0 saturated carbocycles. The smallest absolute Gasteiger partial charge is 0.150 e. The summed E-state index contributed by atoms with van der Waals surface area (Å²) in [5.41, 5.74) is 0.973. The molecule has 1 aromatic rings. The van der Waals surface area contributed by atoms with E-state index in [1.165, 1.54) is 0 Å². The predicted molar refractivity (Wildman–Crippen MR) is 63.9 cm³/mol. The normalized spacial score (nSPS) is 11.9. The molecule has 0 bridgehead atoms. The van der Waals surface area contributed by atoms with Crippen LogP contribution in [-0.2, 0) is 22.9 Å². The number of nitrogens with one attached hydrogen (secondary N) is 1. The zero-order valence-electron chi connectivity index (χ0n) is 9.81. The van der Waals surface area contributed by atoms with Gasteiger partial charge in [0.2, 0.25) is 0 Å². The number of aryl methyl sites for hydroxylation is 1. The SMILES string of the molecule is CCS(=O)(=O)CCCn1cnc(CNC)c1. The number of sulfone groups is 1. The van der Waals surface area contributed by atoms with Gasteiger partial charge in [-0.25, -0.2) is 13.4 Å². The van der Waals surface area contributed by atoms with Gasteiger partial charge in [0.15, 0.2) is 0 Å². The standard InChI is InChI=1S/C10H19N3O2S/c1-3-16(14,15)6-4-5-13-8-10(7-11-2)12-9-13/h8-9,11H,3-7H2,1-2H3. The number of nitrogens with zero attached hydrogens (tertiary/aromatic N) is 2. The van der Waals surface area contributed by atoms with Gasteiger partial charge in [-0.1, -0.05) is 6.92 Å². The van der Waals surface area contributed by atoms with E-state index in [1.807, 2.05) is 17.8 Å². The van der Waals surface area contributed by atoms with E-state index in [0.717, 1.165) is 12.2 Å². The van der Waals surface area contributed by atoms with Crippen molar-refractivity contribution in [2.75, 3.05) is 18.6 Å². The fraction of sp³-hybridized carbons (Fsp3) is 0.700. The van der Waals surface area contributed by atoms with Gasteiger partial charge in [0, 0.05) is 25.0 Å². The van der Waals surface area contributed by atoms with Crippen LogP contribution < -0.4 is 5.32 Å². The Hall–Kier alpha value is -0.880. The Morgan fingerprint density at radius 2 is 2.25 bits per heavy atom. The molecule has 16 heavy (non-hydrogen) atoms. The Balaban J connectivity index is 2.37. The molecule has 0 aliphatic rings. The Bertz CT molecular complexity index is 411.